The Hall–Kier alpha value is -3.62. The van der Waals surface area contributed by atoms with Gasteiger partial charge in [0.05, 0.1) is 30.0 Å². The number of carbonyl (C=O) groups is 1. The maximum absolute atomic E-state index is 13.2. The SMILES string of the molecule is CCOc1ccc(-c2nn(-c3ccccc3)cc2/C=C2/SC(=S)N(Cc3ccco3)C2=O)c(C)c1. The van der Waals surface area contributed by atoms with E-state index in [0.29, 0.717) is 28.1 Å². The molecule has 0 bridgehead atoms. The molecule has 8 heteroatoms. The number of carbonyl (C=O) groups excluding carboxylic acids is 1. The number of amides is 1. The molecule has 1 aliphatic rings. The fourth-order valence-corrected chi connectivity index (χ4v) is 5.16. The third-order valence-corrected chi connectivity index (χ3v) is 6.96. The molecule has 0 radical (unpaired) electrons. The topological polar surface area (TPSA) is 60.5 Å². The highest BCUT2D eigenvalue weighted by atomic mass is 32.2. The van der Waals surface area contributed by atoms with Crippen molar-refractivity contribution in [3.63, 3.8) is 0 Å². The number of aromatic nitrogens is 2. The summed E-state index contributed by atoms with van der Waals surface area (Å²) in [6.07, 6.45) is 5.41. The third kappa shape index (κ3) is 4.80. The molecule has 1 saturated heterocycles. The summed E-state index contributed by atoms with van der Waals surface area (Å²) < 4.78 is 13.4. The molecule has 176 valence electrons. The number of benzene rings is 2. The van der Waals surface area contributed by atoms with E-state index in [4.69, 9.17) is 26.5 Å². The smallest absolute Gasteiger partial charge is 0.266 e. The molecule has 3 heterocycles. The molecule has 4 aromatic rings. The van der Waals surface area contributed by atoms with Crippen LogP contribution in [-0.2, 0) is 11.3 Å². The highest BCUT2D eigenvalue weighted by molar-refractivity contribution is 8.26. The van der Waals surface area contributed by atoms with E-state index in [2.05, 4.69) is 0 Å². The van der Waals surface area contributed by atoms with E-state index in [9.17, 15) is 4.79 Å². The van der Waals surface area contributed by atoms with Crippen LogP contribution in [0.4, 0.5) is 0 Å². The lowest BCUT2D eigenvalue weighted by Crippen LogP contribution is -2.27. The van der Waals surface area contributed by atoms with Crippen LogP contribution in [0, 0.1) is 6.92 Å². The zero-order chi connectivity index (χ0) is 24.4. The fraction of sp³-hybridized carbons (Fsp3) is 0.148. The summed E-state index contributed by atoms with van der Waals surface area (Å²) in [4.78, 5) is 15.3. The lowest BCUT2D eigenvalue weighted by Gasteiger charge is -2.12. The number of aryl methyl sites for hydroxylation is 1. The predicted molar refractivity (Wildman–Crippen MR) is 142 cm³/mol. The highest BCUT2D eigenvalue weighted by Crippen LogP contribution is 2.36. The van der Waals surface area contributed by atoms with Crippen LogP contribution in [-0.4, -0.2) is 31.5 Å². The lowest BCUT2D eigenvalue weighted by atomic mass is 10.0. The van der Waals surface area contributed by atoms with Gasteiger partial charge in [0.2, 0.25) is 0 Å². The molecule has 0 saturated carbocycles. The first-order valence-electron chi connectivity index (χ1n) is 11.2. The number of hydrogen-bond donors (Lipinski definition) is 0. The Bertz CT molecular complexity index is 1410. The van der Waals surface area contributed by atoms with Crippen molar-refractivity contribution < 1.29 is 13.9 Å². The number of thioether (sulfide) groups is 1. The van der Waals surface area contributed by atoms with Crippen molar-refractivity contribution in [2.75, 3.05) is 6.61 Å². The van der Waals surface area contributed by atoms with Gasteiger partial charge in [-0.05, 0) is 68.0 Å². The molecule has 1 fully saturated rings. The normalized spacial score (nSPS) is 14.8. The molecule has 0 aliphatic carbocycles. The first-order chi connectivity index (χ1) is 17.0. The van der Waals surface area contributed by atoms with E-state index in [1.165, 1.54) is 11.8 Å². The van der Waals surface area contributed by atoms with Gasteiger partial charge in [-0.1, -0.05) is 42.2 Å². The summed E-state index contributed by atoms with van der Waals surface area (Å²) in [5, 5.41) is 4.90. The highest BCUT2D eigenvalue weighted by Gasteiger charge is 2.33. The van der Waals surface area contributed by atoms with Crippen LogP contribution in [0.25, 0.3) is 23.0 Å². The van der Waals surface area contributed by atoms with Crippen LogP contribution < -0.4 is 4.74 Å². The summed E-state index contributed by atoms with van der Waals surface area (Å²) >= 11 is 6.79. The Kier molecular flexibility index (Phi) is 6.57. The van der Waals surface area contributed by atoms with Crippen LogP contribution in [0.5, 0.6) is 5.75 Å². The summed E-state index contributed by atoms with van der Waals surface area (Å²) in [7, 11) is 0. The first-order valence-corrected chi connectivity index (χ1v) is 12.4. The van der Waals surface area contributed by atoms with Crippen molar-refractivity contribution in [3.05, 3.63) is 94.9 Å². The zero-order valence-electron chi connectivity index (χ0n) is 19.3. The summed E-state index contributed by atoms with van der Waals surface area (Å²) in [6.45, 7) is 4.91. The molecule has 1 amide bonds. The zero-order valence-corrected chi connectivity index (χ0v) is 20.9. The van der Waals surface area contributed by atoms with Gasteiger partial charge in [-0.2, -0.15) is 5.10 Å². The minimum atomic E-state index is -0.141. The molecule has 5 rings (SSSR count). The first kappa shape index (κ1) is 23.1. The largest absolute Gasteiger partial charge is 0.494 e. The van der Waals surface area contributed by atoms with E-state index >= 15 is 0 Å². The Balaban J connectivity index is 1.55. The van der Waals surface area contributed by atoms with E-state index in [0.717, 1.165) is 33.8 Å². The fourth-order valence-electron chi connectivity index (χ4n) is 3.91. The number of hydrogen-bond acceptors (Lipinski definition) is 6. The Morgan fingerprint density at radius 1 is 1.14 bits per heavy atom. The molecule has 2 aromatic carbocycles. The second-order valence-corrected chi connectivity index (χ2v) is 9.65. The second-order valence-electron chi connectivity index (χ2n) is 7.97. The van der Waals surface area contributed by atoms with Gasteiger partial charge in [-0.15, -0.1) is 0 Å². The summed E-state index contributed by atoms with van der Waals surface area (Å²) in [5.74, 6) is 1.36. The van der Waals surface area contributed by atoms with Crippen molar-refractivity contribution in [1.29, 1.82) is 0 Å². The number of nitrogens with zero attached hydrogens (tertiary/aromatic N) is 3. The van der Waals surface area contributed by atoms with Gasteiger partial charge in [0.1, 0.15) is 21.5 Å². The molecule has 0 atom stereocenters. The third-order valence-electron chi connectivity index (χ3n) is 5.58. The van der Waals surface area contributed by atoms with Crippen molar-refractivity contribution in [1.82, 2.24) is 14.7 Å². The van der Waals surface area contributed by atoms with E-state index in [-0.39, 0.29) is 5.91 Å². The van der Waals surface area contributed by atoms with Gasteiger partial charge < -0.3 is 9.15 Å². The van der Waals surface area contributed by atoms with Crippen LogP contribution in [0.1, 0.15) is 23.8 Å². The van der Waals surface area contributed by atoms with Crippen LogP contribution in [0.2, 0.25) is 0 Å². The molecular formula is C27H23N3O3S2. The van der Waals surface area contributed by atoms with Crippen molar-refractivity contribution in [2.45, 2.75) is 20.4 Å². The van der Waals surface area contributed by atoms with E-state index < -0.39 is 0 Å². The molecule has 0 spiro atoms. The minimum Gasteiger partial charge on any atom is -0.494 e. The molecule has 0 unspecified atom stereocenters. The Morgan fingerprint density at radius 2 is 1.97 bits per heavy atom. The maximum Gasteiger partial charge on any atom is 0.266 e. The molecular weight excluding hydrogens is 478 g/mol. The number of furan rings is 1. The molecule has 1 aliphatic heterocycles. The molecule has 2 aromatic heterocycles. The number of para-hydroxylation sites is 1. The van der Waals surface area contributed by atoms with Crippen molar-refractivity contribution in [2.24, 2.45) is 0 Å². The van der Waals surface area contributed by atoms with Gasteiger partial charge >= 0.3 is 0 Å². The molecule has 6 nitrogen and oxygen atoms in total. The van der Waals surface area contributed by atoms with Crippen LogP contribution in [0.15, 0.2) is 82.4 Å². The quantitative estimate of drug-likeness (QED) is 0.221. The Labute approximate surface area is 213 Å². The average Bonchev–Trinajstić information content (AvgIpc) is 3.58. The number of thiocarbonyl (C=S) groups is 1. The average molecular weight is 502 g/mol. The van der Waals surface area contributed by atoms with Gasteiger partial charge in [0.15, 0.2) is 0 Å². The maximum atomic E-state index is 13.2. The Morgan fingerprint density at radius 3 is 2.69 bits per heavy atom. The van der Waals surface area contributed by atoms with Crippen LogP contribution >= 0.6 is 24.0 Å². The van der Waals surface area contributed by atoms with Gasteiger partial charge in [-0.25, -0.2) is 4.68 Å². The second kappa shape index (κ2) is 9.93. The van der Waals surface area contributed by atoms with Gasteiger partial charge in [0.25, 0.3) is 5.91 Å². The molecule has 35 heavy (non-hydrogen) atoms. The van der Waals surface area contributed by atoms with Crippen LogP contribution in [0.3, 0.4) is 0 Å². The summed E-state index contributed by atoms with van der Waals surface area (Å²) in [6, 6.07) is 19.5. The van der Waals surface area contributed by atoms with E-state index in [1.807, 2.05) is 85.4 Å². The van der Waals surface area contributed by atoms with E-state index in [1.54, 1.807) is 17.2 Å². The minimum absolute atomic E-state index is 0.141. The lowest BCUT2D eigenvalue weighted by molar-refractivity contribution is -0.122. The number of ether oxygens (including phenoxy) is 1. The van der Waals surface area contributed by atoms with Gasteiger partial charge in [0, 0.05) is 17.3 Å². The number of rotatable bonds is 7. The monoisotopic (exact) mass is 501 g/mol. The predicted octanol–water partition coefficient (Wildman–Crippen LogP) is 6.24. The van der Waals surface area contributed by atoms with Gasteiger partial charge in [-0.3, -0.25) is 9.69 Å². The van der Waals surface area contributed by atoms with Crippen molar-refractivity contribution >= 4 is 40.3 Å². The summed E-state index contributed by atoms with van der Waals surface area (Å²) in [5.41, 5.74) is 4.56. The molecule has 0 N–H and O–H groups in total. The standard InChI is InChI=1S/C27H23N3O3S2/c1-3-32-21-11-12-23(18(2)14-21)25-19(16-30(28-25)20-8-5-4-6-9-20)15-24-26(31)29(27(34)35-24)17-22-10-7-13-33-22/h4-16H,3,17H2,1-2H3/b24-15+. The van der Waals surface area contributed by atoms with Crippen molar-refractivity contribution in [3.8, 4) is 22.7 Å².